The smallest absolute Gasteiger partial charge is 0.392 e. The number of phosphoric acid groups is 1. The van der Waals surface area contributed by atoms with Gasteiger partial charge in [0.15, 0.2) is 0 Å². The molecule has 266 valence electrons. The van der Waals surface area contributed by atoms with E-state index >= 15 is 0 Å². The standard InChI is InChI=1S/C35H69N2O7P/c1-3-5-7-9-11-12-13-14-15-16-17-18-19-21-23-25-27-34(39)33(31-44-45(41,42)43-29-28-36)37-35(40)30-32(38)26-24-22-20-10-8-6-4-2/h22,24-25,27,32-34,38-39H,3-21,23,26,28-31,36H2,1-2H3,(H,37,40)(H,41,42)/b24-22-,27-25+. The van der Waals surface area contributed by atoms with Gasteiger partial charge in [-0.05, 0) is 32.1 Å². The van der Waals surface area contributed by atoms with Crippen LogP contribution in [0.25, 0.3) is 0 Å². The fraction of sp³-hybridized carbons (Fsp3) is 0.857. The second kappa shape index (κ2) is 31.5. The molecule has 0 aromatic carbocycles. The fourth-order valence-corrected chi connectivity index (χ4v) is 5.81. The molecule has 0 aromatic rings. The maximum Gasteiger partial charge on any atom is 0.472 e. The van der Waals surface area contributed by atoms with Crippen LogP contribution in [0.2, 0.25) is 0 Å². The van der Waals surface area contributed by atoms with Gasteiger partial charge in [0.2, 0.25) is 5.91 Å². The molecule has 9 nitrogen and oxygen atoms in total. The zero-order chi connectivity index (χ0) is 33.4. The van der Waals surface area contributed by atoms with E-state index in [2.05, 4.69) is 19.2 Å². The van der Waals surface area contributed by atoms with Crippen LogP contribution in [0, 0.1) is 0 Å². The second-order valence-corrected chi connectivity index (χ2v) is 13.7. The Labute approximate surface area is 275 Å². The molecule has 0 aliphatic carbocycles. The molecule has 0 aliphatic rings. The molecule has 0 radical (unpaired) electrons. The maximum absolute atomic E-state index is 12.6. The highest BCUT2D eigenvalue weighted by atomic mass is 31.2. The first-order valence-electron chi connectivity index (χ1n) is 18.0. The Morgan fingerprint density at radius 1 is 0.756 bits per heavy atom. The van der Waals surface area contributed by atoms with E-state index in [-0.39, 0.29) is 19.6 Å². The van der Waals surface area contributed by atoms with Gasteiger partial charge < -0.3 is 26.2 Å². The quantitative estimate of drug-likeness (QED) is 0.0270. The number of allylic oxidation sites excluding steroid dienone is 2. The molecule has 1 amide bonds. The maximum atomic E-state index is 12.6. The molecule has 0 rings (SSSR count). The largest absolute Gasteiger partial charge is 0.472 e. The molecule has 0 aromatic heterocycles. The van der Waals surface area contributed by atoms with Crippen molar-refractivity contribution in [3.63, 3.8) is 0 Å². The number of unbranched alkanes of at least 4 members (excludes halogenated alkanes) is 18. The van der Waals surface area contributed by atoms with Crippen molar-refractivity contribution >= 4 is 13.7 Å². The van der Waals surface area contributed by atoms with Crippen LogP contribution in [0.15, 0.2) is 24.3 Å². The molecule has 0 saturated heterocycles. The van der Waals surface area contributed by atoms with Gasteiger partial charge in [0, 0.05) is 6.54 Å². The van der Waals surface area contributed by atoms with E-state index in [9.17, 15) is 24.5 Å². The van der Waals surface area contributed by atoms with Crippen LogP contribution in [-0.2, 0) is 18.4 Å². The highest BCUT2D eigenvalue weighted by Crippen LogP contribution is 2.43. The molecule has 0 bridgehead atoms. The lowest BCUT2D eigenvalue weighted by Crippen LogP contribution is -2.46. The number of rotatable bonds is 33. The highest BCUT2D eigenvalue weighted by Gasteiger charge is 2.27. The van der Waals surface area contributed by atoms with Crippen LogP contribution in [0.1, 0.15) is 155 Å². The number of aliphatic hydroxyl groups is 2. The molecular weight excluding hydrogens is 591 g/mol. The van der Waals surface area contributed by atoms with Crippen molar-refractivity contribution in [3.8, 4) is 0 Å². The van der Waals surface area contributed by atoms with E-state index in [1.54, 1.807) is 6.08 Å². The number of amides is 1. The van der Waals surface area contributed by atoms with Crippen molar-refractivity contribution in [2.75, 3.05) is 19.8 Å². The van der Waals surface area contributed by atoms with Crippen LogP contribution in [0.4, 0.5) is 0 Å². The zero-order valence-electron chi connectivity index (χ0n) is 28.7. The van der Waals surface area contributed by atoms with Crippen molar-refractivity contribution in [2.24, 2.45) is 5.73 Å². The van der Waals surface area contributed by atoms with Gasteiger partial charge in [-0.25, -0.2) is 4.57 Å². The summed E-state index contributed by atoms with van der Waals surface area (Å²) in [6.07, 6.45) is 30.1. The predicted molar refractivity (Wildman–Crippen MR) is 186 cm³/mol. The molecule has 4 unspecified atom stereocenters. The third-order valence-corrected chi connectivity index (χ3v) is 8.81. The number of hydrogen-bond donors (Lipinski definition) is 5. The lowest BCUT2D eigenvalue weighted by Gasteiger charge is -2.23. The lowest BCUT2D eigenvalue weighted by molar-refractivity contribution is -0.124. The van der Waals surface area contributed by atoms with Crippen LogP contribution >= 0.6 is 7.82 Å². The van der Waals surface area contributed by atoms with Crippen LogP contribution in [0.3, 0.4) is 0 Å². The van der Waals surface area contributed by atoms with Gasteiger partial charge >= 0.3 is 7.82 Å². The topological polar surface area (TPSA) is 151 Å². The number of carbonyl (C=O) groups excluding carboxylic acids is 1. The molecular formula is C35H69N2O7P. The van der Waals surface area contributed by atoms with Crippen molar-refractivity contribution in [2.45, 2.75) is 173 Å². The summed E-state index contributed by atoms with van der Waals surface area (Å²) in [6, 6.07) is -0.992. The highest BCUT2D eigenvalue weighted by molar-refractivity contribution is 7.47. The third-order valence-electron chi connectivity index (χ3n) is 7.83. The molecule has 0 heterocycles. The molecule has 45 heavy (non-hydrogen) atoms. The minimum Gasteiger partial charge on any atom is -0.392 e. The third kappa shape index (κ3) is 30.0. The van der Waals surface area contributed by atoms with Crippen molar-refractivity contribution in [1.82, 2.24) is 5.32 Å². The van der Waals surface area contributed by atoms with Gasteiger partial charge in [0.05, 0.1) is 37.9 Å². The Bertz CT molecular complexity index is 781. The first kappa shape index (κ1) is 43.9. The second-order valence-electron chi connectivity index (χ2n) is 12.3. The summed E-state index contributed by atoms with van der Waals surface area (Å²) in [4.78, 5) is 22.5. The van der Waals surface area contributed by atoms with E-state index in [0.717, 1.165) is 32.1 Å². The van der Waals surface area contributed by atoms with Crippen LogP contribution < -0.4 is 11.1 Å². The molecule has 0 saturated carbocycles. The van der Waals surface area contributed by atoms with E-state index in [1.807, 2.05) is 18.2 Å². The van der Waals surface area contributed by atoms with Crippen molar-refractivity contribution < 1.29 is 33.5 Å². The first-order chi connectivity index (χ1) is 21.8. The number of nitrogens with two attached hydrogens (primary N) is 1. The van der Waals surface area contributed by atoms with Gasteiger partial charge in [0.1, 0.15) is 0 Å². The molecule has 0 fully saturated rings. The Hall–Kier alpha value is -1.06. The van der Waals surface area contributed by atoms with Gasteiger partial charge in [-0.1, -0.05) is 141 Å². The number of aliphatic hydroxyl groups excluding tert-OH is 2. The number of nitrogens with one attached hydrogen (secondary N) is 1. The summed E-state index contributed by atoms with van der Waals surface area (Å²) in [6.45, 7) is 3.87. The SMILES string of the molecule is CCCCCC/C=C\CC(O)CC(=O)NC(COP(=O)(O)OCCN)C(O)/C=C/CCCCCCCCCCCCCCCC. The summed E-state index contributed by atoms with van der Waals surface area (Å²) in [5, 5.41) is 23.7. The van der Waals surface area contributed by atoms with Crippen LogP contribution in [0.5, 0.6) is 0 Å². The van der Waals surface area contributed by atoms with Crippen molar-refractivity contribution in [1.29, 1.82) is 0 Å². The fourth-order valence-electron chi connectivity index (χ4n) is 5.06. The Morgan fingerprint density at radius 3 is 1.78 bits per heavy atom. The summed E-state index contributed by atoms with van der Waals surface area (Å²) in [7, 11) is -4.39. The molecule has 0 spiro atoms. The average Bonchev–Trinajstić information content (AvgIpc) is 3.01. The molecule has 10 heteroatoms. The molecule has 6 N–H and O–H groups in total. The van der Waals surface area contributed by atoms with Gasteiger partial charge in [-0.3, -0.25) is 13.8 Å². The van der Waals surface area contributed by atoms with Gasteiger partial charge in [0.25, 0.3) is 0 Å². The number of phosphoric ester groups is 1. The number of hydrogen-bond acceptors (Lipinski definition) is 7. The average molecular weight is 661 g/mol. The van der Waals surface area contributed by atoms with Gasteiger partial charge in [-0.15, -0.1) is 0 Å². The first-order valence-corrected chi connectivity index (χ1v) is 19.5. The Kier molecular flexibility index (Phi) is 30.8. The molecule has 0 aliphatic heterocycles. The lowest BCUT2D eigenvalue weighted by atomic mass is 10.0. The molecule has 4 atom stereocenters. The minimum absolute atomic E-state index is 0.0454. The summed E-state index contributed by atoms with van der Waals surface area (Å²) < 4.78 is 21.9. The predicted octanol–water partition coefficient (Wildman–Crippen LogP) is 8.02. The van der Waals surface area contributed by atoms with E-state index in [0.29, 0.717) is 6.42 Å². The van der Waals surface area contributed by atoms with E-state index in [1.165, 1.54) is 96.3 Å². The van der Waals surface area contributed by atoms with E-state index < -0.39 is 38.6 Å². The summed E-state index contributed by atoms with van der Waals surface area (Å²) in [5.41, 5.74) is 5.33. The summed E-state index contributed by atoms with van der Waals surface area (Å²) >= 11 is 0. The van der Waals surface area contributed by atoms with Gasteiger partial charge in [-0.2, -0.15) is 0 Å². The monoisotopic (exact) mass is 660 g/mol. The minimum atomic E-state index is -4.39. The Balaban J connectivity index is 4.46. The van der Waals surface area contributed by atoms with Crippen molar-refractivity contribution in [3.05, 3.63) is 24.3 Å². The number of carbonyl (C=O) groups is 1. The zero-order valence-corrected chi connectivity index (χ0v) is 29.6. The summed E-state index contributed by atoms with van der Waals surface area (Å²) in [5.74, 6) is -0.484. The Morgan fingerprint density at radius 2 is 1.24 bits per heavy atom. The van der Waals surface area contributed by atoms with Crippen LogP contribution in [-0.4, -0.2) is 59.0 Å². The van der Waals surface area contributed by atoms with E-state index in [4.69, 9.17) is 14.8 Å². The normalized spacial score (nSPS) is 15.4.